The third kappa shape index (κ3) is 2.09. The summed E-state index contributed by atoms with van der Waals surface area (Å²) in [5.74, 6) is 1.04. The van der Waals surface area contributed by atoms with Crippen LogP contribution in [0.15, 0.2) is 15.4 Å². The van der Waals surface area contributed by atoms with Crippen molar-refractivity contribution in [3.05, 3.63) is 17.6 Å². The summed E-state index contributed by atoms with van der Waals surface area (Å²) in [6.07, 6.45) is 0.669. The number of sulfonamides is 1. The molecule has 2 aliphatic heterocycles. The van der Waals surface area contributed by atoms with E-state index in [1.54, 1.807) is 24.2 Å². The normalized spacial score (nSPS) is 28.3. The Kier molecular flexibility index (Phi) is 3.40. The van der Waals surface area contributed by atoms with Crippen LogP contribution in [-0.4, -0.2) is 51.2 Å². The fraction of sp³-hybridized carbons (Fsp3) is 0.692. The molecule has 1 unspecified atom stereocenters. The van der Waals surface area contributed by atoms with Crippen LogP contribution >= 0.6 is 0 Å². The fourth-order valence-electron chi connectivity index (χ4n) is 2.98. The van der Waals surface area contributed by atoms with Gasteiger partial charge in [0.1, 0.15) is 16.4 Å². The maximum Gasteiger partial charge on any atom is 0.247 e. The number of rotatable bonds is 2. The lowest BCUT2D eigenvalue weighted by Gasteiger charge is -2.42. The van der Waals surface area contributed by atoms with Gasteiger partial charge in [0.05, 0.1) is 25.4 Å². The second kappa shape index (κ2) is 4.84. The Morgan fingerprint density at radius 1 is 1.20 bits per heavy atom. The van der Waals surface area contributed by atoms with Crippen LogP contribution in [0.3, 0.4) is 0 Å². The second-order valence-corrected chi connectivity index (χ2v) is 7.26. The monoisotopic (exact) mass is 301 g/mol. The lowest BCUT2D eigenvalue weighted by atomic mass is 9.99. The van der Waals surface area contributed by atoms with Crippen molar-refractivity contribution in [2.45, 2.75) is 30.7 Å². The van der Waals surface area contributed by atoms with E-state index < -0.39 is 15.6 Å². The first kappa shape index (κ1) is 14.1. The van der Waals surface area contributed by atoms with Gasteiger partial charge in [-0.15, -0.1) is 0 Å². The number of ether oxygens (including phenoxy) is 2. The molecule has 2 saturated heterocycles. The summed E-state index contributed by atoms with van der Waals surface area (Å²) in [5.41, 5.74) is -0.561. The standard InChI is InChI=1S/C13H19NO5S/c1-10-7-12(11(2)19-10)20(15,16)14-4-6-18-9-13(14)3-5-17-8-13/h7H,3-6,8-9H2,1-2H3. The van der Waals surface area contributed by atoms with Crippen molar-refractivity contribution in [1.82, 2.24) is 4.31 Å². The molecule has 20 heavy (non-hydrogen) atoms. The molecule has 1 aromatic heterocycles. The average molecular weight is 301 g/mol. The maximum atomic E-state index is 12.9. The highest BCUT2D eigenvalue weighted by Crippen LogP contribution is 2.35. The lowest BCUT2D eigenvalue weighted by molar-refractivity contribution is -0.0293. The Balaban J connectivity index is 2.03. The number of hydrogen-bond donors (Lipinski definition) is 0. The van der Waals surface area contributed by atoms with Gasteiger partial charge < -0.3 is 13.9 Å². The van der Waals surface area contributed by atoms with Crippen LogP contribution in [0.1, 0.15) is 17.9 Å². The SMILES string of the molecule is Cc1cc(S(=O)(=O)N2CCOCC23CCOC3)c(C)o1. The summed E-state index contributed by atoms with van der Waals surface area (Å²) in [7, 11) is -3.58. The number of furan rings is 1. The van der Waals surface area contributed by atoms with E-state index in [4.69, 9.17) is 13.9 Å². The van der Waals surface area contributed by atoms with E-state index in [0.717, 1.165) is 0 Å². The summed E-state index contributed by atoms with van der Waals surface area (Å²) in [6.45, 7) is 5.55. The molecule has 0 amide bonds. The van der Waals surface area contributed by atoms with E-state index in [0.29, 0.717) is 50.9 Å². The minimum Gasteiger partial charge on any atom is -0.465 e. The second-order valence-electron chi connectivity index (χ2n) is 5.43. The van der Waals surface area contributed by atoms with E-state index in [1.807, 2.05) is 0 Å². The summed E-state index contributed by atoms with van der Waals surface area (Å²) in [4.78, 5) is 0.253. The molecule has 0 saturated carbocycles. The lowest BCUT2D eigenvalue weighted by Crippen LogP contribution is -2.59. The van der Waals surface area contributed by atoms with Crippen molar-refractivity contribution in [3.8, 4) is 0 Å². The van der Waals surface area contributed by atoms with Gasteiger partial charge >= 0.3 is 0 Å². The minimum absolute atomic E-state index is 0.253. The van der Waals surface area contributed by atoms with Gasteiger partial charge in [-0.2, -0.15) is 4.31 Å². The Morgan fingerprint density at radius 3 is 2.45 bits per heavy atom. The van der Waals surface area contributed by atoms with Crippen molar-refractivity contribution < 1.29 is 22.3 Å². The van der Waals surface area contributed by atoms with Gasteiger partial charge in [0, 0.05) is 13.2 Å². The van der Waals surface area contributed by atoms with Crippen LogP contribution in [0.25, 0.3) is 0 Å². The van der Waals surface area contributed by atoms with Gasteiger partial charge in [-0.25, -0.2) is 8.42 Å². The van der Waals surface area contributed by atoms with E-state index in [9.17, 15) is 8.42 Å². The fourth-order valence-corrected chi connectivity index (χ4v) is 4.96. The largest absolute Gasteiger partial charge is 0.465 e. The summed E-state index contributed by atoms with van der Waals surface area (Å²) in [6, 6.07) is 1.59. The third-order valence-electron chi connectivity index (χ3n) is 3.98. The molecule has 6 nitrogen and oxygen atoms in total. The zero-order chi connectivity index (χ0) is 14.4. The maximum absolute atomic E-state index is 12.9. The summed E-state index contributed by atoms with van der Waals surface area (Å²) >= 11 is 0. The van der Waals surface area contributed by atoms with Gasteiger partial charge in [0.15, 0.2) is 0 Å². The van der Waals surface area contributed by atoms with Crippen LogP contribution in [0.5, 0.6) is 0 Å². The molecule has 0 aliphatic carbocycles. The molecule has 3 rings (SSSR count). The quantitative estimate of drug-likeness (QED) is 0.817. The molecule has 7 heteroatoms. The molecule has 3 heterocycles. The van der Waals surface area contributed by atoms with E-state index in [1.165, 1.54) is 0 Å². The van der Waals surface area contributed by atoms with Crippen LogP contribution in [-0.2, 0) is 19.5 Å². The first-order chi connectivity index (χ1) is 9.46. The third-order valence-corrected chi connectivity index (χ3v) is 6.10. The first-order valence-electron chi connectivity index (χ1n) is 6.71. The van der Waals surface area contributed by atoms with Gasteiger partial charge in [-0.05, 0) is 26.3 Å². The van der Waals surface area contributed by atoms with Crippen molar-refractivity contribution >= 4 is 10.0 Å². The van der Waals surface area contributed by atoms with E-state index >= 15 is 0 Å². The predicted octanol–water partition coefficient (Wildman–Crippen LogP) is 1.08. The highest BCUT2D eigenvalue weighted by atomic mass is 32.2. The minimum atomic E-state index is -3.58. The molecule has 2 fully saturated rings. The van der Waals surface area contributed by atoms with Crippen LogP contribution < -0.4 is 0 Å². The Labute approximate surface area is 118 Å². The number of hydrogen-bond acceptors (Lipinski definition) is 5. The van der Waals surface area contributed by atoms with Gasteiger partial charge in [-0.3, -0.25) is 0 Å². The molecule has 1 spiro atoms. The Bertz CT molecular complexity index is 600. The van der Waals surface area contributed by atoms with Crippen LogP contribution in [0.4, 0.5) is 0 Å². The van der Waals surface area contributed by atoms with Crippen LogP contribution in [0.2, 0.25) is 0 Å². The highest BCUT2D eigenvalue weighted by molar-refractivity contribution is 7.89. The number of nitrogens with zero attached hydrogens (tertiary/aromatic N) is 1. The smallest absolute Gasteiger partial charge is 0.247 e. The molecule has 0 N–H and O–H groups in total. The van der Waals surface area contributed by atoms with Crippen molar-refractivity contribution in [2.75, 3.05) is 33.0 Å². The average Bonchev–Trinajstić information content (AvgIpc) is 2.97. The van der Waals surface area contributed by atoms with Crippen molar-refractivity contribution in [3.63, 3.8) is 0 Å². The molecule has 0 aromatic carbocycles. The zero-order valence-corrected chi connectivity index (χ0v) is 12.5. The zero-order valence-electron chi connectivity index (χ0n) is 11.7. The summed E-state index contributed by atoms with van der Waals surface area (Å²) in [5, 5.41) is 0. The molecular weight excluding hydrogens is 282 g/mol. The van der Waals surface area contributed by atoms with Crippen LogP contribution in [0, 0.1) is 13.8 Å². The van der Waals surface area contributed by atoms with Crippen molar-refractivity contribution in [1.29, 1.82) is 0 Å². The molecule has 1 aromatic rings. The Morgan fingerprint density at radius 2 is 1.90 bits per heavy atom. The number of aryl methyl sites for hydroxylation is 2. The highest BCUT2D eigenvalue weighted by Gasteiger charge is 2.49. The predicted molar refractivity (Wildman–Crippen MR) is 71.1 cm³/mol. The Hall–Kier alpha value is -0.890. The molecular formula is C13H19NO5S. The number of morpholine rings is 1. The van der Waals surface area contributed by atoms with Gasteiger partial charge in [0.2, 0.25) is 10.0 Å². The molecule has 1 atom stereocenters. The molecule has 112 valence electrons. The summed E-state index contributed by atoms with van der Waals surface area (Å²) < 4.78 is 43.7. The molecule has 0 bridgehead atoms. The first-order valence-corrected chi connectivity index (χ1v) is 8.15. The van der Waals surface area contributed by atoms with Crippen molar-refractivity contribution in [2.24, 2.45) is 0 Å². The molecule has 0 radical (unpaired) electrons. The van der Waals surface area contributed by atoms with Gasteiger partial charge in [0.25, 0.3) is 0 Å². The molecule has 2 aliphatic rings. The van der Waals surface area contributed by atoms with E-state index in [-0.39, 0.29) is 4.90 Å². The van der Waals surface area contributed by atoms with Gasteiger partial charge in [-0.1, -0.05) is 0 Å². The van der Waals surface area contributed by atoms with E-state index in [2.05, 4.69) is 0 Å². The topological polar surface area (TPSA) is 69.0 Å².